The number of amides is 1. The molecule has 1 aromatic heterocycles. The maximum absolute atomic E-state index is 11.8. The molecule has 1 amide bonds. The van der Waals surface area contributed by atoms with Gasteiger partial charge in [-0.3, -0.25) is 9.59 Å². The molecular formula is C14H21NO4. The summed E-state index contributed by atoms with van der Waals surface area (Å²) in [7, 11) is 0. The number of hydrogen-bond acceptors (Lipinski definition) is 3. The van der Waals surface area contributed by atoms with E-state index >= 15 is 0 Å². The van der Waals surface area contributed by atoms with Gasteiger partial charge in [0.05, 0.1) is 5.92 Å². The molecule has 0 aromatic carbocycles. The number of carbonyl (C=O) groups is 2. The van der Waals surface area contributed by atoms with Crippen LogP contribution >= 0.6 is 0 Å². The number of hydrogen-bond donors (Lipinski definition) is 2. The molecule has 0 spiro atoms. The van der Waals surface area contributed by atoms with Gasteiger partial charge in [0.1, 0.15) is 5.76 Å². The Labute approximate surface area is 113 Å². The van der Waals surface area contributed by atoms with Crippen LogP contribution in [0.15, 0.2) is 16.5 Å². The minimum absolute atomic E-state index is 0.102. The van der Waals surface area contributed by atoms with E-state index in [0.29, 0.717) is 12.2 Å². The van der Waals surface area contributed by atoms with Crippen molar-refractivity contribution in [3.8, 4) is 0 Å². The van der Waals surface area contributed by atoms with Crippen LogP contribution in [0.4, 0.5) is 0 Å². The molecule has 0 radical (unpaired) electrons. The van der Waals surface area contributed by atoms with Crippen molar-refractivity contribution in [2.45, 2.75) is 34.1 Å². The van der Waals surface area contributed by atoms with Gasteiger partial charge < -0.3 is 14.8 Å². The molecule has 5 heteroatoms. The summed E-state index contributed by atoms with van der Waals surface area (Å²) < 4.78 is 5.18. The first-order chi connectivity index (χ1) is 8.69. The molecule has 106 valence electrons. The molecule has 1 rings (SSSR count). The summed E-state index contributed by atoms with van der Waals surface area (Å²) in [5.74, 6) is -1.02. The van der Waals surface area contributed by atoms with Gasteiger partial charge in [0.15, 0.2) is 5.76 Å². The van der Waals surface area contributed by atoms with Crippen LogP contribution in [-0.2, 0) is 4.79 Å². The van der Waals surface area contributed by atoms with E-state index in [2.05, 4.69) is 5.32 Å². The number of carboxylic acids is 1. The van der Waals surface area contributed by atoms with Gasteiger partial charge in [-0.1, -0.05) is 20.8 Å². The van der Waals surface area contributed by atoms with E-state index < -0.39 is 11.9 Å². The predicted molar refractivity (Wildman–Crippen MR) is 71.0 cm³/mol. The maximum Gasteiger partial charge on any atom is 0.308 e. The first-order valence-electron chi connectivity index (χ1n) is 6.26. The summed E-state index contributed by atoms with van der Waals surface area (Å²) in [6.07, 6.45) is 0.500. The summed E-state index contributed by atoms with van der Waals surface area (Å²) in [4.78, 5) is 22.9. The first kappa shape index (κ1) is 15.3. The first-order valence-corrected chi connectivity index (χ1v) is 6.26. The van der Waals surface area contributed by atoms with Crippen LogP contribution < -0.4 is 5.32 Å². The van der Waals surface area contributed by atoms with Crippen LogP contribution in [0, 0.1) is 18.3 Å². The smallest absolute Gasteiger partial charge is 0.308 e. The third-order valence-electron chi connectivity index (χ3n) is 2.68. The van der Waals surface area contributed by atoms with Crippen LogP contribution in [0.2, 0.25) is 0 Å². The van der Waals surface area contributed by atoms with E-state index in [1.54, 1.807) is 19.1 Å². The second kappa shape index (κ2) is 5.91. The molecule has 0 saturated carbocycles. The second-order valence-corrected chi connectivity index (χ2v) is 5.92. The fraction of sp³-hybridized carbons (Fsp3) is 0.571. The fourth-order valence-corrected chi connectivity index (χ4v) is 1.85. The fourth-order valence-electron chi connectivity index (χ4n) is 1.85. The van der Waals surface area contributed by atoms with E-state index in [4.69, 9.17) is 9.52 Å². The molecule has 2 N–H and O–H groups in total. The van der Waals surface area contributed by atoms with E-state index in [9.17, 15) is 9.59 Å². The van der Waals surface area contributed by atoms with Crippen molar-refractivity contribution in [1.29, 1.82) is 0 Å². The summed E-state index contributed by atoms with van der Waals surface area (Å²) in [5.41, 5.74) is -0.102. The highest BCUT2D eigenvalue weighted by Gasteiger charge is 2.25. The molecular weight excluding hydrogens is 246 g/mol. The number of rotatable bonds is 5. The standard InChI is InChI=1S/C14H21NO4/c1-9-5-6-11(19-9)12(16)15-8-10(13(17)18)7-14(2,3)4/h5-6,10H,7-8H2,1-4H3,(H,15,16)(H,17,18). The van der Waals surface area contributed by atoms with Gasteiger partial charge in [-0.2, -0.15) is 0 Å². The number of aryl methyl sites for hydroxylation is 1. The lowest BCUT2D eigenvalue weighted by Crippen LogP contribution is -2.34. The lowest BCUT2D eigenvalue weighted by molar-refractivity contribution is -0.142. The Kier molecular flexibility index (Phi) is 4.75. The highest BCUT2D eigenvalue weighted by molar-refractivity contribution is 5.91. The highest BCUT2D eigenvalue weighted by atomic mass is 16.4. The van der Waals surface area contributed by atoms with E-state index in [1.807, 2.05) is 20.8 Å². The van der Waals surface area contributed by atoms with Crippen molar-refractivity contribution < 1.29 is 19.1 Å². The summed E-state index contributed by atoms with van der Waals surface area (Å²) in [5, 5.41) is 11.8. The predicted octanol–water partition coefficient (Wildman–Crippen LogP) is 2.45. The van der Waals surface area contributed by atoms with Gasteiger partial charge in [-0.25, -0.2) is 0 Å². The molecule has 0 fully saturated rings. The van der Waals surface area contributed by atoms with Crippen LogP contribution in [0.3, 0.4) is 0 Å². The quantitative estimate of drug-likeness (QED) is 0.858. The zero-order valence-electron chi connectivity index (χ0n) is 11.8. The zero-order chi connectivity index (χ0) is 14.6. The summed E-state index contributed by atoms with van der Waals surface area (Å²) in [6.45, 7) is 7.77. The Balaban J connectivity index is 2.57. The highest BCUT2D eigenvalue weighted by Crippen LogP contribution is 2.24. The average Bonchev–Trinajstić information content (AvgIpc) is 2.68. The van der Waals surface area contributed by atoms with Gasteiger partial charge in [0.25, 0.3) is 5.91 Å². The Bertz CT molecular complexity index is 456. The SMILES string of the molecule is Cc1ccc(C(=O)NCC(CC(C)(C)C)C(=O)O)o1. The molecule has 1 aromatic rings. The monoisotopic (exact) mass is 267 g/mol. The Morgan fingerprint density at radius 1 is 1.37 bits per heavy atom. The molecule has 1 unspecified atom stereocenters. The number of aliphatic carboxylic acids is 1. The number of carbonyl (C=O) groups excluding carboxylic acids is 1. The zero-order valence-corrected chi connectivity index (χ0v) is 11.8. The third kappa shape index (κ3) is 5.16. The Hall–Kier alpha value is -1.78. The third-order valence-corrected chi connectivity index (χ3v) is 2.68. The van der Waals surface area contributed by atoms with Crippen molar-refractivity contribution in [1.82, 2.24) is 5.32 Å². The van der Waals surface area contributed by atoms with Gasteiger partial charge in [-0.15, -0.1) is 0 Å². The topological polar surface area (TPSA) is 79.5 Å². The molecule has 0 aliphatic carbocycles. The average molecular weight is 267 g/mol. The molecule has 0 bridgehead atoms. The Morgan fingerprint density at radius 2 is 2.00 bits per heavy atom. The van der Waals surface area contributed by atoms with Crippen LogP contribution in [0.25, 0.3) is 0 Å². The van der Waals surface area contributed by atoms with Gasteiger partial charge in [0.2, 0.25) is 0 Å². The summed E-state index contributed by atoms with van der Waals surface area (Å²) >= 11 is 0. The molecule has 0 aliphatic heterocycles. The normalized spacial score (nSPS) is 13.1. The van der Waals surface area contributed by atoms with Gasteiger partial charge in [0, 0.05) is 6.54 Å². The van der Waals surface area contributed by atoms with E-state index in [0.717, 1.165) is 0 Å². The lowest BCUT2D eigenvalue weighted by Gasteiger charge is -2.23. The van der Waals surface area contributed by atoms with Crippen molar-refractivity contribution in [3.05, 3.63) is 23.7 Å². The van der Waals surface area contributed by atoms with Crippen molar-refractivity contribution in [2.75, 3.05) is 6.54 Å². The molecule has 5 nitrogen and oxygen atoms in total. The lowest BCUT2D eigenvalue weighted by atomic mass is 9.84. The van der Waals surface area contributed by atoms with Crippen molar-refractivity contribution in [3.63, 3.8) is 0 Å². The summed E-state index contributed by atoms with van der Waals surface area (Å²) in [6, 6.07) is 3.27. The number of carboxylic acid groups (broad SMARTS) is 1. The van der Waals surface area contributed by atoms with Gasteiger partial charge >= 0.3 is 5.97 Å². The Morgan fingerprint density at radius 3 is 2.42 bits per heavy atom. The van der Waals surface area contributed by atoms with E-state index in [1.165, 1.54) is 0 Å². The molecule has 0 aliphatic rings. The molecule has 0 saturated heterocycles. The van der Waals surface area contributed by atoms with E-state index in [-0.39, 0.29) is 23.6 Å². The van der Waals surface area contributed by atoms with Crippen LogP contribution in [-0.4, -0.2) is 23.5 Å². The molecule has 1 heterocycles. The van der Waals surface area contributed by atoms with Crippen LogP contribution in [0.1, 0.15) is 43.5 Å². The van der Waals surface area contributed by atoms with Crippen LogP contribution in [0.5, 0.6) is 0 Å². The van der Waals surface area contributed by atoms with Crippen molar-refractivity contribution in [2.24, 2.45) is 11.3 Å². The number of nitrogens with one attached hydrogen (secondary N) is 1. The van der Waals surface area contributed by atoms with Gasteiger partial charge in [-0.05, 0) is 30.9 Å². The number of furan rings is 1. The second-order valence-electron chi connectivity index (χ2n) is 5.92. The largest absolute Gasteiger partial charge is 0.481 e. The molecule has 19 heavy (non-hydrogen) atoms. The minimum atomic E-state index is -0.897. The maximum atomic E-state index is 11.8. The molecule has 1 atom stereocenters. The van der Waals surface area contributed by atoms with Crippen molar-refractivity contribution >= 4 is 11.9 Å². The minimum Gasteiger partial charge on any atom is -0.481 e.